The summed E-state index contributed by atoms with van der Waals surface area (Å²) in [5, 5.41) is 0.530. The molecule has 10 heteroatoms. The van der Waals surface area contributed by atoms with Crippen molar-refractivity contribution < 1.29 is 31.5 Å². The summed E-state index contributed by atoms with van der Waals surface area (Å²) in [5.74, 6) is -1.36. The summed E-state index contributed by atoms with van der Waals surface area (Å²) in [6.07, 6.45) is 0. The van der Waals surface area contributed by atoms with Crippen LogP contribution < -0.4 is 15.1 Å². The average Bonchev–Trinajstić information content (AvgIpc) is 2.70. The number of fused-ring (bicyclic) bond motifs is 1. The number of halogens is 1. The fourth-order valence-corrected chi connectivity index (χ4v) is 4.01. The highest BCUT2D eigenvalue weighted by molar-refractivity contribution is 7.89. The van der Waals surface area contributed by atoms with Gasteiger partial charge < -0.3 is 13.9 Å². The first-order chi connectivity index (χ1) is 14.2. The first kappa shape index (κ1) is 21.5. The minimum Gasteiger partial charge on any atom is -0.497 e. The minimum atomic E-state index is -4.27. The second-order valence-corrected chi connectivity index (χ2v) is 8.02. The molecule has 1 atom stereocenters. The van der Waals surface area contributed by atoms with Crippen LogP contribution in [0.5, 0.6) is 5.75 Å². The van der Waals surface area contributed by atoms with Crippen LogP contribution in [0.1, 0.15) is 12.5 Å². The number of carbonyl (C=O) groups excluding carboxylic acids is 1. The topological polar surface area (TPSA) is 112 Å². The van der Waals surface area contributed by atoms with Gasteiger partial charge in [-0.15, -0.1) is 0 Å². The summed E-state index contributed by atoms with van der Waals surface area (Å²) in [6.45, 7) is 0.974. The number of hydrogen-bond donors (Lipinski definition) is 1. The van der Waals surface area contributed by atoms with Crippen LogP contribution in [0.3, 0.4) is 0 Å². The third kappa shape index (κ3) is 4.66. The molecule has 0 radical (unpaired) electrons. The Hall–Kier alpha value is -3.24. The second-order valence-electron chi connectivity index (χ2n) is 6.33. The Balaban J connectivity index is 1.74. The molecular weight excluding hydrogens is 417 g/mol. The molecule has 0 aliphatic carbocycles. The van der Waals surface area contributed by atoms with Gasteiger partial charge in [0.2, 0.25) is 10.0 Å². The average molecular weight is 435 g/mol. The molecule has 0 amide bonds. The second kappa shape index (κ2) is 8.64. The first-order valence-corrected chi connectivity index (χ1v) is 10.2. The van der Waals surface area contributed by atoms with Crippen LogP contribution in [-0.2, 0) is 26.2 Å². The van der Waals surface area contributed by atoms with Gasteiger partial charge in [0.15, 0.2) is 0 Å². The van der Waals surface area contributed by atoms with Crippen molar-refractivity contribution in [3.05, 3.63) is 70.3 Å². The molecule has 0 fully saturated rings. The molecule has 30 heavy (non-hydrogen) atoms. The molecule has 0 spiro atoms. The zero-order chi connectivity index (χ0) is 21.9. The van der Waals surface area contributed by atoms with E-state index in [-0.39, 0.29) is 12.2 Å². The van der Waals surface area contributed by atoms with E-state index in [1.54, 1.807) is 12.1 Å². The van der Waals surface area contributed by atoms with Gasteiger partial charge >= 0.3 is 11.6 Å². The van der Waals surface area contributed by atoms with Crippen molar-refractivity contribution >= 4 is 27.0 Å². The lowest BCUT2D eigenvalue weighted by atomic mass is 10.1. The largest absolute Gasteiger partial charge is 0.497 e. The van der Waals surface area contributed by atoms with Gasteiger partial charge in [-0.3, -0.25) is 4.79 Å². The number of methoxy groups -OCH3 is 1. The highest BCUT2D eigenvalue weighted by Crippen LogP contribution is 2.23. The van der Waals surface area contributed by atoms with Crippen molar-refractivity contribution in [2.75, 3.05) is 7.11 Å². The lowest BCUT2D eigenvalue weighted by Gasteiger charge is -2.14. The Labute approximate surface area is 171 Å². The van der Waals surface area contributed by atoms with E-state index >= 15 is 0 Å². The quantitative estimate of drug-likeness (QED) is 0.448. The molecular formula is C20H18FNO7S. The van der Waals surface area contributed by atoms with Crippen molar-refractivity contribution in [3.63, 3.8) is 0 Å². The van der Waals surface area contributed by atoms with Crippen LogP contribution in [0.2, 0.25) is 0 Å². The normalized spacial score (nSPS) is 12.5. The van der Waals surface area contributed by atoms with Crippen LogP contribution in [0, 0.1) is 5.82 Å². The number of carbonyl (C=O) groups is 1. The summed E-state index contributed by atoms with van der Waals surface area (Å²) < 4.78 is 55.8. The molecule has 8 nitrogen and oxygen atoms in total. The van der Waals surface area contributed by atoms with Gasteiger partial charge in [0.05, 0.1) is 7.11 Å². The van der Waals surface area contributed by atoms with E-state index < -0.39 is 38.4 Å². The van der Waals surface area contributed by atoms with Gasteiger partial charge in [0.25, 0.3) is 0 Å². The summed E-state index contributed by atoms with van der Waals surface area (Å²) in [6, 6.07) is 9.50. The summed E-state index contributed by atoms with van der Waals surface area (Å²) in [4.78, 5) is 23.5. The smallest absolute Gasteiger partial charge is 0.336 e. The van der Waals surface area contributed by atoms with Crippen molar-refractivity contribution in [2.24, 2.45) is 0 Å². The molecule has 0 saturated heterocycles. The summed E-state index contributed by atoms with van der Waals surface area (Å²) in [7, 11) is -2.81. The number of ether oxygens (including phenoxy) is 2. The molecule has 0 aliphatic heterocycles. The van der Waals surface area contributed by atoms with Crippen molar-refractivity contribution in [2.45, 2.75) is 24.5 Å². The lowest BCUT2D eigenvalue weighted by Crippen LogP contribution is -2.39. The molecule has 0 bridgehead atoms. The number of benzene rings is 2. The Morgan fingerprint density at radius 2 is 1.93 bits per heavy atom. The van der Waals surface area contributed by atoms with Crippen LogP contribution in [0.4, 0.5) is 4.39 Å². The van der Waals surface area contributed by atoms with Gasteiger partial charge in [-0.05, 0) is 31.2 Å². The van der Waals surface area contributed by atoms with Crippen molar-refractivity contribution in [1.82, 2.24) is 4.72 Å². The van der Waals surface area contributed by atoms with E-state index in [4.69, 9.17) is 13.9 Å². The van der Waals surface area contributed by atoms with Gasteiger partial charge in [-0.2, -0.15) is 4.72 Å². The first-order valence-electron chi connectivity index (χ1n) is 8.75. The summed E-state index contributed by atoms with van der Waals surface area (Å²) >= 11 is 0. The SMILES string of the molecule is COc1ccc2c(COC(=O)[C@H](C)NS(=O)(=O)c3ccccc3F)cc(=O)oc2c1. The molecule has 158 valence electrons. The number of sulfonamides is 1. The van der Waals surface area contributed by atoms with E-state index in [0.29, 0.717) is 16.7 Å². The molecule has 0 aliphatic rings. The maximum atomic E-state index is 13.8. The van der Waals surface area contributed by atoms with E-state index in [0.717, 1.165) is 12.1 Å². The molecule has 1 N–H and O–H groups in total. The maximum Gasteiger partial charge on any atom is 0.336 e. The van der Waals surface area contributed by atoms with Gasteiger partial charge in [0.1, 0.15) is 34.7 Å². The van der Waals surface area contributed by atoms with Gasteiger partial charge in [-0.25, -0.2) is 17.6 Å². The lowest BCUT2D eigenvalue weighted by molar-refractivity contribution is -0.146. The molecule has 1 heterocycles. The highest BCUT2D eigenvalue weighted by atomic mass is 32.2. The van der Waals surface area contributed by atoms with Crippen molar-refractivity contribution in [1.29, 1.82) is 0 Å². The van der Waals surface area contributed by atoms with E-state index in [1.807, 2.05) is 0 Å². The Morgan fingerprint density at radius 1 is 1.20 bits per heavy atom. The fraction of sp³-hybridized carbons (Fsp3) is 0.200. The van der Waals surface area contributed by atoms with Crippen molar-refractivity contribution in [3.8, 4) is 5.75 Å². The number of nitrogens with one attached hydrogen (secondary N) is 1. The minimum absolute atomic E-state index is 0.251. The number of rotatable bonds is 7. The molecule has 3 rings (SSSR count). The third-order valence-corrected chi connectivity index (χ3v) is 5.79. The van der Waals surface area contributed by atoms with Crippen LogP contribution in [0.15, 0.2) is 62.6 Å². The molecule has 0 unspecified atom stereocenters. The fourth-order valence-electron chi connectivity index (χ4n) is 2.74. The molecule has 0 saturated carbocycles. The maximum absolute atomic E-state index is 13.8. The Kier molecular flexibility index (Phi) is 6.18. The van der Waals surface area contributed by atoms with Gasteiger partial charge in [0, 0.05) is 23.1 Å². The standard InChI is InChI=1S/C20H18FNO7S/c1-12(22-30(25,26)18-6-4-3-5-16(18)21)20(24)28-11-13-9-19(23)29-17-10-14(27-2)7-8-15(13)17/h3-10,12,22H,11H2,1-2H3/t12-/m0/s1. The number of hydrogen-bond acceptors (Lipinski definition) is 7. The van der Waals surface area contributed by atoms with Gasteiger partial charge in [-0.1, -0.05) is 12.1 Å². The zero-order valence-corrected chi connectivity index (χ0v) is 16.9. The van der Waals surface area contributed by atoms with E-state index in [1.165, 1.54) is 38.3 Å². The summed E-state index contributed by atoms with van der Waals surface area (Å²) in [5.41, 5.74) is -0.0160. The molecule has 2 aromatic carbocycles. The third-order valence-electron chi connectivity index (χ3n) is 4.22. The predicted molar refractivity (Wildman–Crippen MR) is 105 cm³/mol. The Morgan fingerprint density at radius 3 is 2.63 bits per heavy atom. The predicted octanol–water partition coefficient (Wildman–Crippen LogP) is 2.35. The molecule has 3 aromatic rings. The van der Waals surface area contributed by atoms with E-state index in [2.05, 4.69) is 4.72 Å². The Bertz CT molecular complexity index is 1250. The van der Waals surface area contributed by atoms with Crippen LogP contribution in [-0.4, -0.2) is 27.5 Å². The highest BCUT2D eigenvalue weighted by Gasteiger charge is 2.25. The number of esters is 1. The van der Waals surface area contributed by atoms with E-state index in [9.17, 15) is 22.4 Å². The van der Waals surface area contributed by atoms with Crippen LogP contribution in [0.25, 0.3) is 11.0 Å². The van der Waals surface area contributed by atoms with Crippen LogP contribution >= 0.6 is 0 Å². The monoisotopic (exact) mass is 435 g/mol. The molecule has 1 aromatic heterocycles. The zero-order valence-electron chi connectivity index (χ0n) is 16.0.